The Morgan fingerprint density at radius 3 is 2.64 bits per heavy atom. The standard InChI is InChI=1S/C18H23N3O3S/c22-16-12-25-18(24)21(16)15-9-5-4-8-14(15)20-17(23)19-11-10-13-6-2-1-3-7-13/h1-3,6-7,14-15H,4-5,8-12H2,(H2,19,20,23). The third kappa shape index (κ3) is 4.54. The molecule has 6 nitrogen and oxygen atoms in total. The van der Waals surface area contributed by atoms with Gasteiger partial charge in [-0.25, -0.2) is 4.79 Å². The maximum Gasteiger partial charge on any atom is 0.315 e. The number of benzene rings is 1. The number of urea groups is 1. The average molecular weight is 361 g/mol. The molecule has 1 aromatic rings. The van der Waals surface area contributed by atoms with Crippen molar-refractivity contribution in [1.29, 1.82) is 0 Å². The molecule has 2 fully saturated rings. The molecule has 7 heteroatoms. The first-order chi connectivity index (χ1) is 12.1. The number of nitrogens with one attached hydrogen (secondary N) is 2. The smallest absolute Gasteiger partial charge is 0.315 e. The van der Waals surface area contributed by atoms with Gasteiger partial charge in [0.15, 0.2) is 0 Å². The SMILES string of the molecule is O=C(NCCc1ccccc1)NC1CCCCC1N1C(=O)CSC1=O. The summed E-state index contributed by atoms with van der Waals surface area (Å²) in [6, 6.07) is 9.35. The molecule has 0 spiro atoms. The van der Waals surface area contributed by atoms with Crippen LogP contribution in [0.3, 0.4) is 0 Å². The summed E-state index contributed by atoms with van der Waals surface area (Å²) in [4.78, 5) is 37.6. The van der Waals surface area contributed by atoms with Crippen molar-refractivity contribution in [2.75, 3.05) is 12.3 Å². The Labute approximate surface area is 151 Å². The largest absolute Gasteiger partial charge is 0.338 e. The molecule has 1 saturated heterocycles. The molecular weight excluding hydrogens is 338 g/mol. The summed E-state index contributed by atoms with van der Waals surface area (Å²) in [5.74, 6) is 0.0730. The number of carbonyl (C=O) groups excluding carboxylic acids is 3. The fourth-order valence-electron chi connectivity index (χ4n) is 3.46. The number of imide groups is 1. The van der Waals surface area contributed by atoms with Gasteiger partial charge < -0.3 is 10.6 Å². The number of rotatable bonds is 5. The number of hydrogen-bond donors (Lipinski definition) is 2. The highest BCUT2D eigenvalue weighted by molar-refractivity contribution is 8.14. The van der Waals surface area contributed by atoms with Crippen molar-refractivity contribution in [3.8, 4) is 0 Å². The highest BCUT2D eigenvalue weighted by Crippen LogP contribution is 2.30. The number of carbonyl (C=O) groups is 3. The van der Waals surface area contributed by atoms with Crippen LogP contribution in [0.15, 0.2) is 30.3 Å². The monoisotopic (exact) mass is 361 g/mol. The van der Waals surface area contributed by atoms with Gasteiger partial charge in [0.2, 0.25) is 5.91 Å². The molecule has 4 amide bonds. The number of nitrogens with zero attached hydrogens (tertiary/aromatic N) is 1. The Hall–Kier alpha value is -2.02. The zero-order valence-corrected chi connectivity index (χ0v) is 14.9. The van der Waals surface area contributed by atoms with E-state index in [1.54, 1.807) is 0 Å². The number of hydrogen-bond acceptors (Lipinski definition) is 4. The van der Waals surface area contributed by atoms with Gasteiger partial charge in [0, 0.05) is 6.54 Å². The van der Waals surface area contributed by atoms with Crippen LogP contribution < -0.4 is 10.6 Å². The normalized spacial score (nSPS) is 23.6. The van der Waals surface area contributed by atoms with E-state index in [9.17, 15) is 14.4 Å². The summed E-state index contributed by atoms with van der Waals surface area (Å²) in [5, 5.41) is 5.65. The molecule has 2 atom stereocenters. The van der Waals surface area contributed by atoms with Crippen LogP contribution in [-0.4, -0.2) is 46.5 Å². The van der Waals surface area contributed by atoms with E-state index in [4.69, 9.17) is 0 Å². The Morgan fingerprint density at radius 2 is 1.92 bits per heavy atom. The van der Waals surface area contributed by atoms with Crippen LogP contribution in [0.2, 0.25) is 0 Å². The van der Waals surface area contributed by atoms with Crippen molar-refractivity contribution in [3.05, 3.63) is 35.9 Å². The first kappa shape index (κ1) is 17.8. The van der Waals surface area contributed by atoms with Gasteiger partial charge in [-0.3, -0.25) is 14.5 Å². The molecule has 2 N–H and O–H groups in total. The summed E-state index contributed by atoms with van der Waals surface area (Å²) in [5.41, 5.74) is 1.17. The van der Waals surface area contributed by atoms with Crippen LogP contribution in [-0.2, 0) is 11.2 Å². The maximum atomic E-state index is 12.2. The summed E-state index contributed by atoms with van der Waals surface area (Å²) < 4.78 is 0. The van der Waals surface area contributed by atoms with Crippen LogP contribution in [0.25, 0.3) is 0 Å². The molecule has 0 bridgehead atoms. The van der Waals surface area contributed by atoms with Gasteiger partial charge in [-0.1, -0.05) is 54.9 Å². The van der Waals surface area contributed by atoms with E-state index in [2.05, 4.69) is 10.6 Å². The molecule has 1 aliphatic carbocycles. The second-order valence-electron chi connectivity index (χ2n) is 6.41. The van der Waals surface area contributed by atoms with E-state index in [0.717, 1.165) is 43.9 Å². The number of thioether (sulfide) groups is 1. The third-order valence-corrected chi connectivity index (χ3v) is 5.54. The van der Waals surface area contributed by atoms with Crippen molar-refractivity contribution < 1.29 is 14.4 Å². The lowest BCUT2D eigenvalue weighted by atomic mass is 9.89. The zero-order chi connectivity index (χ0) is 17.6. The van der Waals surface area contributed by atoms with Crippen molar-refractivity contribution in [2.24, 2.45) is 0 Å². The molecule has 1 heterocycles. The van der Waals surface area contributed by atoms with Gasteiger partial charge in [0.05, 0.1) is 17.8 Å². The Kier molecular flexibility index (Phi) is 5.96. The Morgan fingerprint density at radius 1 is 1.16 bits per heavy atom. The minimum atomic E-state index is -0.237. The van der Waals surface area contributed by atoms with Gasteiger partial charge in [-0.2, -0.15) is 0 Å². The van der Waals surface area contributed by atoms with Crippen LogP contribution >= 0.6 is 11.8 Å². The molecular formula is C18H23N3O3S. The van der Waals surface area contributed by atoms with E-state index in [1.807, 2.05) is 30.3 Å². The third-order valence-electron chi connectivity index (χ3n) is 4.70. The van der Waals surface area contributed by atoms with Gasteiger partial charge >= 0.3 is 6.03 Å². The fraction of sp³-hybridized carbons (Fsp3) is 0.500. The first-order valence-corrected chi connectivity index (χ1v) is 9.71. The highest BCUT2D eigenvalue weighted by Gasteiger charge is 2.41. The quantitative estimate of drug-likeness (QED) is 0.845. The lowest BCUT2D eigenvalue weighted by Gasteiger charge is -2.36. The van der Waals surface area contributed by atoms with Gasteiger partial charge in [0.1, 0.15) is 0 Å². The van der Waals surface area contributed by atoms with Crippen molar-refractivity contribution in [2.45, 2.75) is 44.2 Å². The van der Waals surface area contributed by atoms with Gasteiger partial charge in [0.25, 0.3) is 5.24 Å². The highest BCUT2D eigenvalue weighted by atomic mass is 32.2. The molecule has 1 aliphatic heterocycles. The van der Waals surface area contributed by atoms with Crippen molar-refractivity contribution >= 4 is 28.9 Å². The predicted octanol–water partition coefficient (Wildman–Crippen LogP) is 2.53. The van der Waals surface area contributed by atoms with E-state index >= 15 is 0 Å². The Balaban J connectivity index is 1.51. The van der Waals surface area contributed by atoms with Crippen LogP contribution in [0.1, 0.15) is 31.2 Å². The molecule has 25 heavy (non-hydrogen) atoms. The minimum Gasteiger partial charge on any atom is -0.338 e. The van der Waals surface area contributed by atoms with Crippen molar-refractivity contribution in [3.63, 3.8) is 0 Å². The molecule has 2 unspecified atom stereocenters. The second kappa shape index (κ2) is 8.38. The average Bonchev–Trinajstić information content (AvgIpc) is 2.95. The summed E-state index contributed by atoms with van der Waals surface area (Å²) in [7, 11) is 0. The second-order valence-corrected chi connectivity index (χ2v) is 7.34. The van der Waals surface area contributed by atoms with Crippen LogP contribution in [0.5, 0.6) is 0 Å². The van der Waals surface area contributed by atoms with Gasteiger partial charge in [-0.15, -0.1) is 0 Å². The number of amides is 4. The Bertz CT molecular complexity index is 622. The molecule has 134 valence electrons. The first-order valence-electron chi connectivity index (χ1n) is 8.72. The molecule has 3 rings (SSSR count). The van der Waals surface area contributed by atoms with Crippen LogP contribution in [0.4, 0.5) is 9.59 Å². The lowest BCUT2D eigenvalue weighted by Crippen LogP contribution is -2.56. The van der Waals surface area contributed by atoms with Crippen LogP contribution in [0, 0.1) is 0 Å². The maximum absolute atomic E-state index is 12.2. The topological polar surface area (TPSA) is 78.5 Å². The molecule has 0 radical (unpaired) electrons. The molecule has 0 aromatic heterocycles. The minimum absolute atomic E-state index is 0.141. The summed E-state index contributed by atoms with van der Waals surface area (Å²) >= 11 is 1.05. The van der Waals surface area contributed by atoms with E-state index in [0.29, 0.717) is 6.54 Å². The molecule has 2 aliphatic rings. The van der Waals surface area contributed by atoms with Crippen molar-refractivity contribution in [1.82, 2.24) is 15.5 Å². The summed E-state index contributed by atoms with van der Waals surface area (Å²) in [6.07, 6.45) is 4.28. The van der Waals surface area contributed by atoms with E-state index in [-0.39, 0.29) is 35.0 Å². The zero-order valence-electron chi connectivity index (χ0n) is 14.1. The lowest BCUT2D eigenvalue weighted by molar-refractivity contribution is -0.127. The summed E-state index contributed by atoms with van der Waals surface area (Å²) in [6.45, 7) is 0.546. The molecule has 1 saturated carbocycles. The van der Waals surface area contributed by atoms with E-state index < -0.39 is 0 Å². The fourth-order valence-corrected chi connectivity index (χ4v) is 4.22. The predicted molar refractivity (Wildman–Crippen MR) is 97.4 cm³/mol. The molecule has 1 aromatic carbocycles. The van der Waals surface area contributed by atoms with Gasteiger partial charge in [-0.05, 0) is 24.8 Å². The van der Waals surface area contributed by atoms with E-state index in [1.165, 1.54) is 10.5 Å².